The molecule has 0 fully saturated rings. The average Bonchev–Trinajstić information content (AvgIpc) is 2.30. The van der Waals surface area contributed by atoms with E-state index in [1.54, 1.807) is 24.4 Å². The van der Waals surface area contributed by atoms with Crippen molar-refractivity contribution in [2.24, 2.45) is 0 Å². The van der Waals surface area contributed by atoms with Crippen LogP contribution in [0.2, 0.25) is 0 Å². The minimum Gasteiger partial charge on any atom is -0.508 e. The molecular formula is C11H8N2O3. The van der Waals surface area contributed by atoms with Crippen LogP contribution in [0.1, 0.15) is 0 Å². The Bertz CT molecular complexity index is 526. The van der Waals surface area contributed by atoms with Crippen LogP contribution in [0.5, 0.6) is 5.75 Å². The molecular weight excluding hydrogens is 208 g/mol. The lowest BCUT2D eigenvalue weighted by Gasteiger charge is -2.02. The van der Waals surface area contributed by atoms with E-state index in [9.17, 15) is 15.2 Å². The lowest BCUT2D eigenvalue weighted by molar-refractivity contribution is -0.384. The third-order valence-electron chi connectivity index (χ3n) is 2.12. The van der Waals surface area contributed by atoms with Gasteiger partial charge in [0.05, 0.1) is 22.2 Å². The molecule has 16 heavy (non-hydrogen) atoms. The van der Waals surface area contributed by atoms with Crippen LogP contribution >= 0.6 is 0 Å². The zero-order valence-electron chi connectivity index (χ0n) is 8.20. The average molecular weight is 216 g/mol. The zero-order chi connectivity index (χ0) is 11.5. The van der Waals surface area contributed by atoms with Crippen LogP contribution in [-0.2, 0) is 0 Å². The van der Waals surface area contributed by atoms with E-state index in [0.717, 1.165) is 6.07 Å². The Morgan fingerprint density at radius 1 is 1.25 bits per heavy atom. The molecule has 0 amide bonds. The normalized spacial score (nSPS) is 10.0. The molecule has 0 aliphatic heterocycles. The summed E-state index contributed by atoms with van der Waals surface area (Å²) in [5.41, 5.74) is 0.747. The predicted molar refractivity (Wildman–Crippen MR) is 58.0 cm³/mol. The molecule has 80 valence electrons. The number of phenolic OH excluding ortho intramolecular Hbond substituents is 1. The molecule has 0 aliphatic rings. The summed E-state index contributed by atoms with van der Waals surface area (Å²) < 4.78 is 0. The van der Waals surface area contributed by atoms with Crippen molar-refractivity contribution in [1.82, 2.24) is 4.98 Å². The number of hydrogen-bond donors (Lipinski definition) is 1. The maximum atomic E-state index is 10.8. The molecule has 5 heteroatoms. The number of aromatic hydroxyl groups is 1. The summed E-state index contributed by atoms with van der Waals surface area (Å²) in [4.78, 5) is 14.3. The van der Waals surface area contributed by atoms with Crippen molar-refractivity contribution >= 4 is 5.69 Å². The Morgan fingerprint density at radius 3 is 2.69 bits per heavy atom. The maximum absolute atomic E-state index is 10.8. The summed E-state index contributed by atoms with van der Waals surface area (Å²) in [7, 11) is 0. The summed E-state index contributed by atoms with van der Waals surface area (Å²) in [5, 5.41) is 20.0. The molecule has 1 N–H and O–H groups in total. The molecule has 0 spiro atoms. The number of nitro groups is 1. The molecule has 0 atom stereocenters. The first-order chi connectivity index (χ1) is 7.68. The number of hydrogen-bond acceptors (Lipinski definition) is 4. The molecule has 2 aromatic rings. The molecule has 0 saturated heterocycles. The molecule has 0 unspecified atom stereocenters. The third-order valence-corrected chi connectivity index (χ3v) is 2.12. The quantitative estimate of drug-likeness (QED) is 0.617. The fourth-order valence-electron chi connectivity index (χ4n) is 1.41. The van der Waals surface area contributed by atoms with Gasteiger partial charge in [-0.15, -0.1) is 0 Å². The molecule has 1 aromatic heterocycles. The Hall–Kier alpha value is -2.43. The van der Waals surface area contributed by atoms with Gasteiger partial charge in [-0.25, -0.2) is 0 Å². The summed E-state index contributed by atoms with van der Waals surface area (Å²) in [6, 6.07) is 9.16. The Morgan fingerprint density at radius 2 is 2.06 bits per heavy atom. The number of phenols is 1. The van der Waals surface area contributed by atoms with Gasteiger partial charge < -0.3 is 5.11 Å². The Kier molecular flexibility index (Phi) is 2.51. The van der Waals surface area contributed by atoms with Crippen LogP contribution < -0.4 is 0 Å². The number of nitro benzene ring substituents is 1. The van der Waals surface area contributed by atoms with Gasteiger partial charge in [-0.05, 0) is 24.3 Å². The number of benzene rings is 1. The topological polar surface area (TPSA) is 76.3 Å². The second-order valence-electron chi connectivity index (χ2n) is 3.17. The fourth-order valence-corrected chi connectivity index (χ4v) is 1.41. The predicted octanol–water partition coefficient (Wildman–Crippen LogP) is 2.36. The van der Waals surface area contributed by atoms with Crippen LogP contribution in [-0.4, -0.2) is 15.0 Å². The summed E-state index contributed by atoms with van der Waals surface area (Å²) >= 11 is 0. The van der Waals surface area contributed by atoms with Gasteiger partial charge >= 0.3 is 0 Å². The van der Waals surface area contributed by atoms with Crippen molar-refractivity contribution < 1.29 is 10.0 Å². The van der Waals surface area contributed by atoms with Crippen LogP contribution in [0.25, 0.3) is 11.3 Å². The van der Waals surface area contributed by atoms with Crippen LogP contribution in [0.4, 0.5) is 5.69 Å². The number of aromatic nitrogens is 1. The van der Waals surface area contributed by atoms with Crippen molar-refractivity contribution in [3.05, 3.63) is 52.7 Å². The van der Waals surface area contributed by atoms with Crippen LogP contribution in [0.3, 0.4) is 0 Å². The lowest BCUT2D eigenvalue weighted by atomic mass is 10.1. The first-order valence-electron chi connectivity index (χ1n) is 4.57. The van der Waals surface area contributed by atoms with Crippen molar-refractivity contribution in [1.29, 1.82) is 0 Å². The summed E-state index contributed by atoms with van der Waals surface area (Å²) in [5.74, 6) is -0.133. The van der Waals surface area contributed by atoms with Crippen molar-refractivity contribution in [3.8, 4) is 17.0 Å². The van der Waals surface area contributed by atoms with Gasteiger partial charge in [0.25, 0.3) is 5.69 Å². The van der Waals surface area contributed by atoms with E-state index in [4.69, 9.17) is 0 Å². The van der Waals surface area contributed by atoms with Gasteiger partial charge in [0, 0.05) is 6.20 Å². The smallest absolute Gasteiger partial charge is 0.282 e. The van der Waals surface area contributed by atoms with Gasteiger partial charge in [0.1, 0.15) is 5.75 Å². The van der Waals surface area contributed by atoms with E-state index >= 15 is 0 Å². The minimum absolute atomic E-state index is 0.133. The molecule has 1 aromatic carbocycles. The van der Waals surface area contributed by atoms with Gasteiger partial charge in [0.2, 0.25) is 0 Å². The molecule has 0 radical (unpaired) electrons. The van der Waals surface area contributed by atoms with Crippen molar-refractivity contribution in [2.45, 2.75) is 0 Å². The molecule has 0 aliphatic carbocycles. The van der Waals surface area contributed by atoms with E-state index in [2.05, 4.69) is 4.98 Å². The van der Waals surface area contributed by atoms with Gasteiger partial charge in [0.15, 0.2) is 0 Å². The Labute approximate surface area is 91.2 Å². The van der Waals surface area contributed by atoms with Crippen LogP contribution in [0, 0.1) is 10.1 Å². The second kappa shape index (κ2) is 3.98. The number of pyridine rings is 1. The highest BCUT2D eigenvalue weighted by Gasteiger charge is 2.16. The summed E-state index contributed by atoms with van der Waals surface area (Å²) in [6.07, 6.45) is 1.56. The first kappa shape index (κ1) is 10.1. The van der Waals surface area contributed by atoms with Gasteiger partial charge in [-0.2, -0.15) is 0 Å². The largest absolute Gasteiger partial charge is 0.508 e. The molecule has 2 rings (SSSR count). The van der Waals surface area contributed by atoms with E-state index in [-0.39, 0.29) is 11.4 Å². The fraction of sp³-hybridized carbons (Fsp3) is 0. The highest BCUT2D eigenvalue weighted by Crippen LogP contribution is 2.31. The zero-order valence-corrected chi connectivity index (χ0v) is 8.20. The summed E-state index contributed by atoms with van der Waals surface area (Å²) in [6.45, 7) is 0. The highest BCUT2D eigenvalue weighted by molar-refractivity contribution is 5.71. The maximum Gasteiger partial charge on any atom is 0.282 e. The van der Waals surface area contributed by atoms with E-state index in [1.165, 1.54) is 12.1 Å². The molecule has 0 bridgehead atoms. The first-order valence-corrected chi connectivity index (χ1v) is 4.57. The molecule has 5 nitrogen and oxygen atoms in total. The second-order valence-corrected chi connectivity index (χ2v) is 3.17. The highest BCUT2D eigenvalue weighted by atomic mass is 16.6. The minimum atomic E-state index is -0.538. The molecule has 1 heterocycles. The third kappa shape index (κ3) is 1.83. The standard InChI is InChI=1S/C11H8N2O3/c14-8-4-5-9(11(7-8)13(15)16)10-3-1-2-6-12-10/h1-7,14H. The number of rotatable bonds is 2. The SMILES string of the molecule is O=[N+]([O-])c1cc(O)ccc1-c1ccccn1. The van der Waals surface area contributed by atoms with Crippen molar-refractivity contribution in [3.63, 3.8) is 0 Å². The van der Waals surface area contributed by atoms with E-state index < -0.39 is 4.92 Å². The Balaban J connectivity index is 2.61. The lowest BCUT2D eigenvalue weighted by Crippen LogP contribution is -1.92. The monoisotopic (exact) mass is 216 g/mol. The van der Waals surface area contributed by atoms with Gasteiger partial charge in [-0.1, -0.05) is 6.07 Å². The van der Waals surface area contributed by atoms with Crippen molar-refractivity contribution in [2.75, 3.05) is 0 Å². The molecule has 0 saturated carbocycles. The van der Waals surface area contributed by atoms with E-state index in [0.29, 0.717) is 11.3 Å². The van der Waals surface area contributed by atoms with Gasteiger partial charge in [-0.3, -0.25) is 15.1 Å². The van der Waals surface area contributed by atoms with E-state index in [1.807, 2.05) is 0 Å². The number of nitrogens with zero attached hydrogens (tertiary/aromatic N) is 2. The van der Waals surface area contributed by atoms with Crippen LogP contribution in [0.15, 0.2) is 42.6 Å².